The van der Waals surface area contributed by atoms with Crippen molar-refractivity contribution in [2.75, 3.05) is 0 Å². The number of aliphatic hydroxyl groups is 2. The monoisotopic (exact) mass is 516 g/mol. The summed E-state index contributed by atoms with van der Waals surface area (Å²) in [6.45, 7) is 0. The van der Waals surface area contributed by atoms with Gasteiger partial charge in [0.15, 0.2) is 34.7 Å². The van der Waals surface area contributed by atoms with Crippen LogP contribution in [0.5, 0.6) is 23.0 Å². The van der Waals surface area contributed by atoms with Gasteiger partial charge in [-0.05, 0) is 47.5 Å². The third-order valence-electron chi connectivity index (χ3n) is 5.57. The molecule has 4 atom stereocenters. The van der Waals surface area contributed by atoms with E-state index in [4.69, 9.17) is 9.47 Å². The van der Waals surface area contributed by atoms with Crippen LogP contribution < -0.4 is 0 Å². The Morgan fingerprint density at radius 1 is 0.784 bits per heavy atom. The average Bonchev–Trinajstić information content (AvgIpc) is 2.82. The normalized spacial score (nSPS) is 23.7. The van der Waals surface area contributed by atoms with Crippen LogP contribution in [-0.4, -0.2) is 77.6 Å². The van der Waals surface area contributed by atoms with Crippen molar-refractivity contribution in [2.45, 2.75) is 36.8 Å². The molecule has 0 spiro atoms. The fraction of sp³-hybridized carbons (Fsp3) is 0.240. The number of benzene rings is 2. The van der Waals surface area contributed by atoms with Crippen LogP contribution in [0, 0.1) is 0 Å². The molecule has 7 N–H and O–H groups in total. The molecule has 1 aliphatic rings. The van der Waals surface area contributed by atoms with Gasteiger partial charge in [-0.25, -0.2) is 14.4 Å². The highest BCUT2D eigenvalue weighted by atomic mass is 16.6. The van der Waals surface area contributed by atoms with E-state index in [1.165, 1.54) is 42.5 Å². The molecule has 1 saturated carbocycles. The molecule has 2 aromatic rings. The topological polar surface area (TPSA) is 211 Å². The van der Waals surface area contributed by atoms with Crippen LogP contribution >= 0.6 is 0 Å². The van der Waals surface area contributed by atoms with E-state index in [2.05, 4.69) is 0 Å². The number of carboxylic acid groups (broad SMARTS) is 1. The predicted octanol–water partition coefficient (Wildman–Crippen LogP) is 1.03. The van der Waals surface area contributed by atoms with E-state index in [0.29, 0.717) is 11.1 Å². The third-order valence-corrected chi connectivity index (χ3v) is 5.57. The van der Waals surface area contributed by atoms with Gasteiger partial charge < -0.3 is 45.2 Å². The van der Waals surface area contributed by atoms with Gasteiger partial charge in [0.2, 0.25) is 0 Å². The van der Waals surface area contributed by atoms with Gasteiger partial charge in [0.1, 0.15) is 6.10 Å². The molecule has 12 heteroatoms. The van der Waals surface area contributed by atoms with E-state index in [0.717, 1.165) is 18.2 Å². The molecule has 0 unspecified atom stereocenters. The number of phenols is 4. The first-order chi connectivity index (χ1) is 17.4. The van der Waals surface area contributed by atoms with Gasteiger partial charge in [0.25, 0.3) is 0 Å². The molecule has 1 aliphatic carbocycles. The Hall–Kier alpha value is -4.55. The summed E-state index contributed by atoms with van der Waals surface area (Å²) in [5, 5.41) is 68.0. The van der Waals surface area contributed by atoms with Crippen molar-refractivity contribution in [2.24, 2.45) is 0 Å². The second-order valence-electron chi connectivity index (χ2n) is 8.35. The number of aromatic hydroxyl groups is 4. The lowest BCUT2D eigenvalue weighted by Crippen LogP contribution is -2.58. The van der Waals surface area contributed by atoms with Crippen LogP contribution in [0.3, 0.4) is 0 Å². The number of rotatable bonds is 7. The minimum absolute atomic E-state index is 0.311. The molecule has 0 aromatic heterocycles. The quantitative estimate of drug-likeness (QED) is 0.156. The molecule has 0 saturated heterocycles. The summed E-state index contributed by atoms with van der Waals surface area (Å²) < 4.78 is 10.4. The molecule has 0 aliphatic heterocycles. The summed E-state index contributed by atoms with van der Waals surface area (Å²) in [6, 6.07) is 7.50. The Kier molecular flexibility index (Phi) is 8.05. The number of carboxylic acids is 1. The number of esters is 2. The molecule has 37 heavy (non-hydrogen) atoms. The highest BCUT2D eigenvalue weighted by Crippen LogP contribution is 2.33. The highest BCUT2D eigenvalue weighted by Gasteiger charge is 2.52. The van der Waals surface area contributed by atoms with Gasteiger partial charge in [-0.1, -0.05) is 12.1 Å². The Balaban J connectivity index is 1.75. The predicted molar refractivity (Wildman–Crippen MR) is 125 cm³/mol. The number of phenolic OH excluding ortho intramolecular Hbond substituents is 4. The van der Waals surface area contributed by atoms with E-state index in [-0.39, 0.29) is 11.5 Å². The Labute approximate surface area is 209 Å². The van der Waals surface area contributed by atoms with Gasteiger partial charge in [-0.2, -0.15) is 0 Å². The Bertz CT molecular complexity index is 1250. The molecule has 2 aromatic carbocycles. The highest BCUT2D eigenvalue weighted by molar-refractivity contribution is 5.88. The third kappa shape index (κ3) is 6.78. The zero-order chi connectivity index (χ0) is 27.3. The van der Waals surface area contributed by atoms with Crippen molar-refractivity contribution >= 4 is 30.1 Å². The fourth-order valence-electron chi connectivity index (χ4n) is 3.66. The smallest absolute Gasteiger partial charge is 0.335 e. The maximum Gasteiger partial charge on any atom is 0.335 e. The van der Waals surface area contributed by atoms with Crippen LogP contribution in [0.1, 0.15) is 24.0 Å². The van der Waals surface area contributed by atoms with E-state index in [9.17, 15) is 50.1 Å². The van der Waals surface area contributed by atoms with Gasteiger partial charge in [-0.3, -0.25) is 0 Å². The number of ether oxygens (including phenoxy) is 2. The Morgan fingerprint density at radius 2 is 1.27 bits per heavy atom. The zero-order valence-corrected chi connectivity index (χ0v) is 19.1. The van der Waals surface area contributed by atoms with Gasteiger partial charge >= 0.3 is 17.9 Å². The molecule has 0 radical (unpaired) electrons. The maximum atomic E-state index is 12.4. The van der Waals surface area contributed by atoms with Crippen molar-refractivity contribution in [1.82, 2.24) is 0 Å². The lowest BCUT2D eigenvalue weighted by molar-refractivity contribution is -0.204. The minimum atomic E-state index is -2.46. The lowest BCUT2D eigenvalue weighted by atomic mass is 9.79. The van der Waals surface area contributed by atoms with E-state index >= 15 is 0 Å². The van der Waals surface area contributed by atoms with Gasteiger partial charge in [-0.15, -0.1) is 0 Å². The SMILES string of the molecule is O=C(C=Cc1ccc(O)c(O)c1)O[C@H]1[C@@H](O)C[C@](O)(C(=O)O)C[C@H]1OC(=O)C=Cc1ccc(O)c(O)c1. The minimum Gasteiger partial charge on any atom is -0.504 e. The molecule has 0 heterocycles. The van der Waals surface area contributed by atoms with E-state index < -0.39 is 66.2 Å². The number of aliphatic carboxylic acids is 1. The second kappa shape index (κ2) is 11.0. The zero-order valence-electron chi connectivity index (χ0n) is 19.1. The first-order valence-corrected chi connectivity index (χ1v) is 10.8. The van der Waals surface area contributed by atoms with Crippen molar-refractivity contribution in [3.8, 4) is 23.0 Å². The molecule has 196 valence electrons. The summed E-state index contributed by atoms with van der Waals surface area (Å²) in [4.78, 5) is 36.3. The van der Waals surface area contributed by atoms with Crippen molar-refractivity contribution < 1.29 is 59.6 Å². The molecule has 3 rings (SSSR count). The van der Waals surface area contributed by atoms with Crippen LogP contribution in [0.4, 0.5) is 0 Å². The standard InChI is InChI=1S/C25H24O12/c26-15-5-1-13(9-17(15)28)3-7-21(31)36-20-12-25(35,24(33)34)11-19(30)23(20)37-22(32)8-4-14-2-6-16(27)18(29)10-14/h1-10,19-20,23,26-30,35H,11-12H2,(H,33,34)/t19-,20+,23-,25+/m0/s1. The molecular weight excluding hydrogens is 492 g/mol. The van der Waals surface area contributed by atoms with Crippen LogP contribution in [0.15, 0.2) is 48.6 Å². The summed E-state index contributed by atoms with van der Waals surface area (Å²) >= 11 is 0. The maximum absolute atomic E-state index is 12.4. The first kappa shape index (κ1) is 27.0. The largest absolute Gasteiger partial charge is 0.504 e. The summed E-state index contributed by atoms with van der Waals surface area (Å²) in [5.41, 5.74) is -1.82. The summed E-state index contributed by atoms with van der Waals surface area (Å²) in [5.74, 6) is -5.29. The number of hydrogen-bond donors (Lipinski definition) is 7. The number of hydrogen-bond acceptors (Lipinski definition) is 11. The molecule has 0 amide bonds. The van der Waals surface area contributed by atoms with Crippen LogP contribution in [-0.2, 0) is 23.9 Å². The van der Waals surface area contributed by atoms with Crippen LogP contribution in [0.2, 0.25) is 0 Å². The average molecular weight is 516 g/mol. The van der Waals surface area contributed by atoms with Gasteiger partial charge in [0, 0.05) is 25.0 Å². The van der Waals surface area contributed by atoms with Crippen molar-refractivity contribution in [3.63, 3.8) is 0 Å². The van der Waals surface area contributed by atoms with E-state index in [1.54, 1.807) is 0 Å². The van der Waals surface area contributed by atoms with Crippen molar-refractivity contribution in [3.05, 3.63) is 59.7 Å². The number of aliphatic hydroxyl groups excluding tert-OH is 1. The lowest BCUT2D eigenvalue weighted by Gasteiger charge is -2.40. The van der Waals surface area contributed by atoms with Crippen LogP contribution in [0.25, 0.3) is 12.2 Å². The number of carbonyl (C=O) groups is 3. The Morgan fingerprint density at radius 3 is 1.73 bits per heavy atom. The second-order valence-corrected chi connectivity index (χ2v) is 8.35. The van der Waals surface area contributed by atoms with E-state index in [1.807, 2.05) is 0 Å². The first-order valence-electron chi connectivity index (χ1n) is 10.8. The fourth-order valence-corrected chi connectivity index (χ4v) is 3.66. The molecular formula is C25H24O12. The number of carbonyl (C=O) groups excluding carboxylic acids is 2. The molecule has 12 nitrogen and oxygen atoms in total. The molecule has 0 bridgehead atoms. The molecule has 1 fully saturated rings. The van der Waals surface area contributed by atoms with Gasteiger partial charge in [0.05, 0.1) is 6.10 Å². The summed E-state index contributed by atoms with van der Waals surface area (Å²) in [6.07, 6.45) is -1.86. The van der Waals surface area contributed by atoms with Crippen molar-refractivity contribution in [1.29, 1.82) is 0 Å². The summed E-state index contributed by atoms with van der Waals surface area (Å²) in [7, 11) is 0.